The molecule has 0 aromatic carbocycles. The minimum absolute atomic E-state index is 0.00206. The van der Waals surface area contributed by atoms with Crippen LogP contribution in [0, 0.1) is 0 Å². The number of nitrogens with one attached hydrogen (secondary N) is 1. The lowest BCUT2D eigenvalue weighted by Crippen LogP contribution is -2.36. The van der Waals surface area contributed by atoms with Crippen LogP contribution >= 0.6 is 0 Å². The van der Waals surface area contributed by atoms with E-state index in [4.69, 9.17) is 4.42 Å². The van der Waals surface area contributed by atoms with E-state index >= 15 is 0 Å². The van der Waals surface area contributed by atoms with Crippen molar-refractivity contribution >= 4 is 10.0 Å². The van der Waals surface area contributed by atoms with E-state index in [0.29, 0.717) is 6.54 Å². The molecule has 1 aliphatic rings. The van der Waals surface area contributed by atoms with Crippen LogP contribution in [-0.4, -0.2) is 39.2 Å². The summed E-state index contributed by atoms with van der Waals surface area (Å²) in [5.41, 5.74) is 0. The third kappa shape index (κ3) is 3.55. The lowest BCUT2D eigenvalue weighted by atomic mass is 10.2. The summed E-state index contributed by atoms with van der Waals surface area (Å²) >= 11 is 0. The number of furan rings is 1. The van der Waals surface area contributed by atoms with Crippen molar-refractivity contribution in [2.24, 2.45) is 0 Å². The summed E-state index contributed by atoms with van der Waals surface area (Å²) in [6.07, 6.45) is 5.13. The van der Waals surface area contributed by atoms with Gasteiger partial charge in [0.05, 0.1) is 18.6 Å². The fraction of sp³-hybridized carbons (Fsp3) is 0.636. The maximum atomic E-state index is 11.2. The van der Waals surface area contributed by atoms with E-state index in [9.17, 15) is 8.42 Å². The quantitative estimate of drug-likeness (QED) is 0.854. The first kappa shape index (κ1) is 12.6. The summed E-state index contributed by atoms with van der Waals surface area (Å²) in [5, 5.41) is 0. The zero-order valence-electron chi connectivity index (χ0n) is 9.93. The summed E-state index contributed by atoms with van der Waals surface area (Å²) in [5.74, 6) is 0.822. The summed E-state index contributed by atoms with van der Waals surface area (Å²) in [7, 11) is -3.16. The van der Waals surface area contributed by atoms with E-state index in [1.54, 1.807) is 6.26 Å². The summed E-state index contributed by atoms with van der Waals surface area (Å²) in [6, 6.07) is 3.73. The molecule has 5 nitrogen and oxygen atoms in total. The Balaban J connectivity index is 2.07. The van der Waals surface area contributed by atoms with Crippen molar-refractivity contribution in [3.63, 3.8) is 0 Å². The zero-order chi connectivity index (χ0) is 12.3. The van der Waals surface area contributed by atoms with Crippen molar-refractivity contribution in [1.29, 1.82) is 0 Å². The Morgan fingerprint density at radius 2 is 2.18 bits per heavy atom. The average molecular weight is 258 g/mol. The highest BCUT2D eigenvalue weighted by molar-refractivity contribution is 7.88. The second kappa shape index (κ2) is 5.20. The van der Waals surface area contributed by atoms with Crippen molar-refractivity contribution in [2.75, 3.05) is 25.9 Å². The second-order valence-corrected chi connectivity index (χ2v) is 6.23. The van der Waals surface area contributed by atoms with Crippen LogP contribution in [0.3, 0.4) is 0 Å². The molecule has 0 bridgehead atoms. The molecule has 1 aromatic rings. The number of rotatable bonds is 5. The van der Waals surface area contributed by atoms with Gasteiger partial charge in [-0.15, -0.1) is 0 Å². The van der Waals surface area contributed by atoms with Crippen LogP contribution in [0.2, 0.25) is 0 Å². The summed E-state index contributed by atoms with van der Waals surface area (Å²) in [4.78, 5) is 2.26. The Labute approximate surface area is 102 Å². The van der Waals surface area contributed by atoms with Crippen LogP contribution in [-0.2, 0) is 10.0 Å². The SMILES string of the molecule is CS(=O)(=O)NC[C@H](c1ccco1)N1CCCC1. The van der Waals surface area contributed by atoms with Crippen molar-refractivity contribution in [3.8, 4) is 0 Å². The van der Waals surface area contributed by atoms with Crippen molar-refractivity contribution in [3.05, 3.63) is 24.2 Å². The van der Waals surface area contributed by atoms with Gasteiger partial charge >= 0.3 is 0 Å². The summed E-state index contributed by atoms with van der Waals surface area (Å²) < 4.78 is 30.3. The topological polar surface area (TPSA) is 62.6 Å². The molecule has 0 unspecified atom stereocenters. The Hall–Kier alpha value is -0.850. The molecular weight excluding hydrogens is 240 g/mol. The molecule has 0 spiro atoms. The van der Waals surface area contributed by atoms with E-state index in [1.165, 1.54) is 6.26 Å². The van der Waals surface area contributed by atoms with Crippen molar-refractivity contribution < 1.29 is 12.8 Å². The molecule has 2 heterocycles. The molecule has 0 aliphatic carbocycles. The van der Waals surface area contributed by atoms with Gasteiger partial charge in [0, 0.05) is 6.54 Å². The molecule has 1 atom stereocenters. The highest BCUT2D eigenvalue weighted by Gasteiger charge is 2.26. The molecule has 1 fully saturated rings. The number of sulfonamides is 1. The maximum Gasteiger partial charge on any atom is 0.208 e. The first-order valence-corrected chi connectivity index (χ1v) is 7.67. The van der Waals surface area contributed by atoms with Crippen LogP contribution in [0.25, 0.3) is 0 Å². The molecule has 1 aromatic heterocycles. The van der Waals surface area contributed by atoms with Crippen LogP contribution in [0.5, 0.6) is 0 Å². The second-order valence-electron chi connectivity index (χ2n) is 4.39. The molecule has 1 aliphatic heterocycles. The third-order valence-electron chi connectivity index (χ3n) is 2.99. The maximum absolute atomic E-state index is 11.2. The fourth-order valence-electron chi connectivity index (χ4n) is 2.17. The predicted octanol–water partition coefficient (Wildman–Crippen LogP) is 0.966. The van der Waals surface area contributed by atoms with Gasteiger partial charge in [0.1, 0.15) is 5.76 Å². The molecule has 96 valence electrons. The van der Waals surface area contributed by atoms with Crippen LogP contribution in [0.1, 0.15) is 24.6 Å². The number of nitrogens with zero attached hydrogens (tertiary/aromatic N) is 1. The molecule has 1 N–H and O–H groups in total. The van der Waals surface area contributed by atoms with Gasteiger partial charge in [-0.2, -0.15) is 0 Å². The molecule has 1 saturated heterocycles. The minimum atomic E-state index is -3.16. The van der Waals surface area contributed by atoms with Crippen LogP contribution in [0.4, 0.5) is 0 Å². The smallest absolute Gasteiger partial charge is 0.208 e. The molecule has 0 saturated carbocycles. The molecule has 2 rings (SSSR count). The Morgan fingerprint density at radius 1 is 1.47 bits per heavy atom. The van der Waals surface area contributed by atoms with E-state index in [1.807, 2.05) is 12.1 Å². The fourth-order valence-corrected chi connectivity index (χ4v) is 2.63. The van der Waals surface area contributed by atoms with E-state index in [2.05, 4.69) is 9.62 Å². The van der Waals surface area contributed by atoms with Crippen molar-refractivity contribution in [1.82, 2.24) is 9.62 Å². The van der Waals surface area contributed by atoms with Gasteiger partial charge in [0.15, 0.2) is 0 Å². The summed E-state index contributed by atoms with van der Waals surface area (Å²) in [6.45, 7) is 2.36. The van der Waals surface area contributed by atoms with E-state index < -0.39 is 10.0 Å². The molecule has 0 radical (unpaired) electrons. The first-order chi connectivity index (χ1) is 8.06. The van der Waals surface area contributed by atoms with E-state index in [-0.39, 0.29) is 6.04 Å². The van der Waals surface area contributed by atoms with Gasteiger partial charge in [0.2, 0.25) is 10.0 Å². The lowest BCUT2D eigenvalue weighted by molar-refractivity contribution is 0.216. The normalized spacial score (nSPS) is 19.6. The largest absolute Gasteiger partial charge is 0.468 e. The molecule has 6 heteroatoms. The lowest BCUT2D eigenvalue weighted by Gasteiger charge is -2.25. The highest BCUT2D eigenvalue weighted by Crippen LogP contribution is 2.24. The van der Waals surface area contributed by atoms with Gasteiger partial charge in [-0.25, -0.2) is 13.1 Å². The minimum Gasteiger partial charge on any atom is -0.468 e. The molecular formula is C11H18N2O3S. The predicted molar refractivity (Wildman–Crippen MR) is 65.1 cm³/mol. The van der Waals surface area contributed by atoms with Gasteiger partial charge in [-0.3, -0.25) is 4.90 Å². The third-order valence-corrected chi connectivity index (χ3v) is 3.68. The first-order valence-electron chi connectivity index (χ1n) is 5.78. The number of likely N-dealkylation sites (tertiary alicyclic amines) is 1. The van der Waals surface area contributed by atoms with Crippen LogP contribution < -0.4 is 4.72 Å². The van der Waals surface area contributed by atoms with Crippen molar-refractivity contribution in [2.45, 2.75) is 18.9 Å². The zero-order valence-corrected chi connectivity index (χ0v) is 10.7. The Kier molecular flexibility index (Phi) is 3.86. The van der Waals surface area contributed by atoms with Gasteiger partial charge in [-0.1, -0.05) is 0 Å². The van der Waals surface area contributed by atoms with Gasteiger partial charge in [0.25, 0.3) is 0 Å². The number of hydrogen-bond acceptors (Lipinski definition) is 4. The standard InChI is InChI=1S/C11H18N2O3S/c1-17(14,15)12-9-10(11-5-4-8-16-11)13-6-2-3-7-13/h4-5,8,10,12H,2-3,6-7,9H2,1H3/t10-/m1/s1. The van der Waals surface area contributed by atoms with Crippen LogP contribution in [0.15, 0.2) is 22.8 Å². The number of hydrogen-bond donors (Lipinski definition) is 1. The van der Waals surface area contributed by atoms with E-state index in [0.717, 1.165) is 31.7 Å². The Morgan fingerprint density at radius 3 is 2.71 bits per heavy atom. The molecule has 0 amide bonds. The van der Waals surface area contributed by atoms with Gasteiger partial charge < -0.3 is 4.42 Å². The average Bonchev–Trinajstić information content (AvgIpc) is 2.86. The van der Waals surface area contributed by atoms with Gasteiger partial charge in [-0.05, 0) is 38.1 Å². The highest BCUT2D eigenvalue weighted by atomic mass is 32.2. The Bertz CT molecular complexity index is 435. The molecule has 17 heavy (non-hydrogen) atoms. The monoisotopic (exact) mass is 258 g/mol.